The number of hydrogen-bond donors (Lipinski definition) is 1. The molecule has 0 atom stereocenters. The van der Waals surface area contributed by atoms with Crippen LogP contribution in [-0.2, 0) is 0 Å². The van der Waals surface area contributed by atoms with E-state index in [4.69, 9.17) is 0 Å². The van der Waals surface area contributed by atoms with E-state index >= 15 is 0 Å². The van der Waals surface area contributed by atoms with Crippen LogP contribution in [0, 0.1) is 0 Å². The first-order valence-electron chi connectivity index (χ1n) is 8.58. The van der Waals surface area contributed by atoms with Crippen molar-refractivity contribution in [3.05, 3.63) is 66.1 Å². The second-order valence-corrected chi connectivity index (χ2v) is 6.43. The van der Waals surface area contributed by atoms with E-state index in [0.717, 1.165) is 23.6 Å². The lowest BCUT2D eigenvalue weighted by atomic mass is 10.1. The molecule has 1 aliphatic carbocycles. The lowest BCUT2D eigenvalue weighted by molar-refractivity contribution is 0.633. The van der Waals surface area contributed by atoms with Gasteiger partial charge in [-0.25, -0.2) is 13.8 Å². The van der Waals surface area contributed by atoms with E-state index in [1.165, 1.54) is 18.5 Å². The van der Waals surface area contributed by atoms with Crippen molar-refractivity contribution in [1.29, 1.82) is 0 Å². The number of rotatable bonds is 1. The third-order valence-electron chi connectivity index (χ3n) is 4.22. The second kappa shape index (κ2) is 8.07. The molecule has 4 rings (SSSR count). The summed E-state index contributed by atoms with van der Waals surface area (Å²) in [5.74, 6) is -0.914. The normalized spacial score (nSPS) is 16.5. The van der Waals surface area contributed by atoms with Crippen LogP contribution < -0.4 is 4.90 Å². The number of aromatic amines is 1. The fourth-order valence-electron chi connectivity index (χ4n) is 2.91. The maximum absolute atomic E-state index is 13.8. The predicted molar refractivity (Wildman–Crippen MR) is 104 cm³/mol. The van der Waals surface area contributed by atoms with Gasteiger partial charge in [-0.05, 0) is 38.0 Å². The molecule has 1 N–H and O–H groups in total. The molecule has 0 unspecified atom stereocenters. The standard InChI is InChI=1S/C11H10F2N2.C9H11N3/c1-7-3-2-4-8(12)9(10(7)13)11-14-5-6-15-11;1-7-6-12(2)9-3-4-10-5-8(9)11-7/h2,4-6H,3H2,1H3,(H,14,15);3-5H,6H2,1-2H3. The van der Waals surface area contributed by atoms with Gasteiger partial charge < -0.3 is 9.88 Å². The monoisotopic (exact) mass is 369 g/mol. The smallest absolute Gasteiger partial charge is 0.143 e. The molecule has 3 heterocycles. The van der Waals surface area contributed by atoms with Crippen molar-refractivity contribution in [2.24, 2.45) is 4.99 Å². The molecule has 1 aliphatic heterocycles. The zero-order valence-electron chi connectivity index (χ0n) is 15.5. The van der Waals surface area contributed by atoms with Crippen molar-refractivity contribution in [1.82, 2.24) is 15.0 Å². The molecule has 27 heavy (non-hydrogen) atoms. The van der Waals surface area contributed by atoms with Crippen LogP contribution in [-0.4, -0.2) is 34.3 Å². The van der Waals surface area contributed by atoms with Gasteiger partial charge in [0.15, 0.2) is 0 Å². The fourth-order valence-corrected chi connectivity index (χ4v) is 2.91. The van der Waals surface area contributed by atoms with Crippen LogP contribution in [0.25, 0.3) is 5.57 Å². The van der Waals surface area contributed by atoms with Crippen molar-refractivity contribution < 1.29 is 8.78 Å². The summed E-state index contributed by atoms with van der Waals surface area (Å²) in [5.41, 5.74) is 3.69. The Morgan fingerprint density at radius 3 is 2.74 bits per heavy atom. The highest BCUT2D eigenvalue weighted by Gasteiger charge is 2.19. The van der Waals surface area contributed by atoms with Gasteiger partial charge in [0.05, 0.1) is 24.0 Å². The van der Waals surface area contributed by atoms with Gasteiger partial charge in [0.25, 0.3) is 0 Å². The lowest BCUT2D eigenvalue weighted by Gasteiger charge is -2.24. The molecular weight excluding hydrogens is 348 g/mol. The molecule has 0 bridgehead atoms. The largest absolute Gasteiger partial charge is 0.367 e. The van der Waals surface area contributed by atoms with Crippen LogP contribution >= 0.6 is 0 Å². The van der Waals surface area contributed by atoms with Crippen LogP contribution in [0.5, 0.6) is 0 Å². The number of allylic oxidation sites excluding steroid dienone is 6. The summed E-state index contributed by atoms with van der Waals surface area (Å²) < 4.78 is 27.4. The summed E-state index contributed by atoms with van der Waals surface area (Å²) in [6.45, 7) is 4.59. The highest BCUT2D eigenvalue weighted by Crippen LogP contribution is 2.32. The van der Waals surface area contributed by atoms with Crippen LogP contribution in [0.4, 0.5) is 20.2 Å². The van der Waals surface area contributed by atoms with Gasteiger partial charge in [0.2, 0.25) is 0 Å². The van der Waals surface area contributed by atoms with E-state index in [0.29, 0.717) is 12.0 Å². The summed E-state index contributed by atoms with van der Waals surface area (Å²) in [5, 5.41) is 0. The molecule has 7 heteroatoms. The molecule has 140 valence electrons. The Morgan fingerprint density at radius 2 is 2.00 bits per heavy atom. The molecule has 0 fully saturated rings. The van der Waals surface area contributed by atoms with Gasteiger partial charge in [0, 0.05) is 31.3 Å². The number of imidazole rings is 1. The third kappa shape index (κ3) is 4.19. The first-order valence-corrected chi connectivity index (χ1v) is 8.58. The third-order valence-corrected chi connectivity index (χ3v) is 4.22. The quantitative estimate of drug-likeness (QED) is 0.776. The molecule has 0 saturated carbocycles. The molecular formula is C20H21F2N5. The van der Waals surface area contributed by atoms with Crippen molar-refractivity contribution >= 4 is 22.7 Å². The molecule has 2 aliphatic rings. The van der Waals surface area contributed by atoms with Crippen LogP contribution in [0.15, 0.2) is 65.2 Å². The van der Waals surface area contributed by atoms with E-state index in [1.807, 2.05) is 13.0 Å². The van der Waals surface area contributed by atoms with Gasteiger partial charge in [-0.15, -0.1) is 0 Å². The molecule has 2 aromatic heterocycles. The van der Waals surface area contributed by atoms with Crippen LogP contribution in [0.2, 0.25) is 0 Å². The highest BCUT2D eigenvalue weighted by atomic mass is 19.1. The van der Waals surface area contributed by atoms with Gasteiger partial charge in [-0.3, -0.25) is 9.98 Å². The van der Waals surface area contributed by atoms with Crippen LogP contribution in [0.3, 0.4) is 0 Å². The number of nitrogens with zero attached hydrogens (tertiary/aromatic N) is 4. The average molecular weight is 369 g/mol. The number of nitrogens with one attached hydrogen (secondary N) is 1. The predicted octanol–water partition coefficient (Wildman–Crippen LogP) is 4.92. The van der Waals surface area contributed by atoms with E-state index < -0.39 is 11.7 Å². The summed E-state index contributed by atoms with van der Waals surface area (Å²) in [6.07, 6.45) is 9.89. The molecule has 0 amide bonds. The first kappa shape index (κ1) is 18.7. The Balaban J connectivity index is 0.000000159. The number of H-pyrrole nitrogens is 1. The molecule has 0 aromatic carbocycles. The zero-order valence-corrected chi connectivity index (χ0v) is 15.5. The SMILES string of the molecule is CC1=C(F)C(c2ncc[nH]2)=C(F)C=CC1.CC1=Nc2cnccc2N(C)C1. The number of anilines is 1. The maximum atomic E-state index is 13.8. The molecule has 0 saturated heterocycles. The minimum Gasteiger partial charge on any atom is -0.367 e. The summed E-state index contributed by atoms with van der Waals surface area (Å²) >= 11 is 0. The zero-order chi connectivity index (χ0) is 19.4. The Morgan fingerprint density at radius 1 is 1.19 bits per heavy atom. The van der Waals surface area contributed by atoms with Gasteiger partial charge in [-0.1, -0.05) is 6.08 Å². The Hall–Kier alpha value is -3.09. The number of fused-ring (bicyclic) bond motifs is 1. The minimum absolute atomic E-state index is 0.0914. The maximum Gasteiger partial charge on any atom is 0.143 e. The number of aromatic nitrogens is 3. The van der Waals surface area contributed by atoms with Gasteiger partial charge >= 0.3 is 0 Å². The van der Waals surface area contributed by atoms with Gasteiger partial charge in [0.1, 0.15) is 23.2 Å². The second-order valence-electron chi connectivity index (χ2n) is 6.43. The minimum atomic E-state index is -0.598. The molecule has 0 radical (unpaired) electrons. The van der Waals surface area contributed by atoms with Crippen molar-refractivity contribution in [2.45, 2.75) is 20.3 Å². The number of aliphatic imine (C=N–C) groups is 1. The Bertz CT molecular complexity index is 939. The Kier molecular flexibility index (Phi) is 5.59. The van der Waals surface area contributed by atoms with Gasteiger partial charge in [-0.2, -0.15) is 0 Å². The topological polar surface area (TPSA) is 57.2 Å². The average Bonchev–Trinajstić information content (AvgIpc) is 3.12. The fraction of sp³-hybridized carbons (Fsp3) is 0.250. The summed E-state index contributed by atoms with van der Waals surface area (Å²) in [4.78, 5) is 17.2. The van der Waals surface area contributed by atoms with E-state index in [2.05, 4.69) is 31.9 Å². The van der Waals surface area contributed by atoms with E-state index in [1.54, 1.807) is 25.4 Å². The van der Waals surface area contributed by atoms with Crippen LogP contribution in [0.1, 0.15) is 26.1 Å². The number of hydrogen-bond acceptors (Lipinski definition) is 4. The van der Waals surface area contributed by atoms with E-state index in [9.17, 15) is 8.78 Å². The van der Waals surface area contributed by atoms with Crippen molar-refractivity contribution in [3.8, 4) is 0 Å². The Labute approximate surface area is 156 Å². The molecule has 0 spiro atoms. The summed E-state index contributed by atoms with van der Waals surface area (Å²) in [6, 6.07) is 1.99. The van der Waals surface area contributed by atoms with Crippen molar-refractivity contribution in [2.75, 3.05) is 18.5 Å². The molecule has 2 aromatic rings. The van der Waals surface area contributed by atoms with E-state index in [-0.39, 0.29) is 11.4 Å². The van der Waals surface area contributed by atoms with Crippen molar-refractivity contribution in [3.63, 3.8) is 0 Å². The molecule has 5 nitrogen and oxygen atoms in total. The number of pyridine rings is 1. The lowest BCUT2D eigenvalue weighted by Crippen LogP contribution is -2.26. The number of halogens is 2. The highest BCUT2D eigenvalue weighted by molar-refractivity contribution is 5.93. The summed E-state index contributed by atoms with van der Waals surface area (Å²) in [7, 11) is 2.07. The first-order chi connectivity index (χ1) is 13.0.